The maximum Gasteiger partial charge on any atom is 0.356 e. The number of benzene rings is 1. The number of carbonyl (C=O) groups is 2. The minimum absolute atomic E-state index is 0.170. The summed E-state index contributed by atoms with van der Waals surface area (Å²) in [5.41, 5.74) is 2.69. The van der Waals surface area contributed by atoms with Crippen molar-refractivity contribution in [2.75, 3.05) is 18.1 Å². The molecule has 0 saturated carbocycles. The van der Waals surface area contributed by atoms with Gasteiger partial charge in [0.05, 0.1) is 6.26 Å². The molecule has 0 radical (unpaired) electrons. The molecular formula is C19H17N3O4. The van der Waals surface area contributed by atoms with Gasteiger partial charge in [-0.05, 0) is 36.6 Å². The molecule has 4 rings (SSSR count). The van der Waals surface area contributed by atoms with Gasteiger partial charge in [0.2, 0.25) is 0 Å². The number of anilines is 1. The zero-order valence-corrected chi connectivity index (χ0v) is 14.0. The van der Waals surface area contributed by atoms with Gasteiger partial charge >= 0.3 is 5.97 Å². The minimum atomic E-state index is -0.631. The van der Waals surface area contributed by atoms with Crippen molar-refractivity contribution in [3.8, 4) is 11.5 Å². The van der Waals surface area contributed by atoms with Crippen molar-refractivity contribution in [3.05, 3.63) is 60.0 Å². The average molecular weight is 351 g/mol. The van der Waals surface area contributed by atoms with Gasteiger partial charge < -0.3 is 14.1 Å². The summed E-state index contributed by atoms with van der Waals surface area (Å²) in [6.07, 6.45) is 3.37. The number of rotatable bonds is 4. The lowest BCUT2D eigenvalue weighted by atomic mass is 10.0. The Bertz CT molecular complexity index is 930. The molecule has 0 atom stereocenters. The molecule has 7 nitrogen and oxygen atoms in total. The SMILES string of the molecule is O=C(OCC(=O)N1CCCc2ccccc21)c1cc(-c2ccco2)n[nH]1. The molecule has 0 bridgehead atoms. The maximum atomic E-state index is 12.5. The fourth-order valence-electron chi connectivity index (χ4n) is 3.05. The number of aromatic nitrogens is 2. The van der Waals surface area contributed by atoms with E-state index < -0.39 is 5.97 Å². The van der Waals surface area contributed by atoms with Gasteiger partial charge in [0, 0.05) is 18.3 Å². The maximum absolute atomic E-state index is 12.5. The lowest BCUT2D eigenvalue weighted by molar-refractivity contribution is -0.121. The predicted octanol–water partition coefficient (Wildman–Crippen LogP) is 2.81. The van der Waals surface area contributed by atoms with Gasteiger partial charge in [-0.3, -0.25) is 9.89 Å². The molecule has 7 heteroatoms. The van der Waals surface area contributed by atoms with E-state index in [4.69, 9.17) is 9.15 Å². The molecule has 0 unspecified atom stereocenters. The topological polar surface area (TPSA) is 88.4 Å². The quantitative estimate of drug-likeness (QED) is 0.730. The van der Waals surface area contributed by atoms with Gasteiger partial charge in [-0.1, -0.05) is 18.2 Å². The number of furan rings is 1. The number of nitrogens with one attached hydrogen (secondary N) is 1. The molecule has 1 aliphatic rings. The molecule has 0 spiro atoms. The van der Waals surface area contributed by atoms with Crippen LogP contribution in [-0.4, -0.2) is 35.2 Å². The third-order valence-corrected chi connectivity index (χ3v) is 4.31. The van der Waals surface area contributed by atoms with Crippen molar-refractivity contribution in [2.24, 2.45) is 0 Å². The molecule has 2 aromatic heterocycles. The highest BCUT2D eigenvalue weighted by molar-refractivity contribution is 5.97. The lowest BCUT2D eigenvalue weighted by Gasteiger charge is -2.29. The first-order valence-corrected chi connectivity index (χ1v) is 8.37. The molecule has 3 aromatic rings. The van der Waals surface area contributed by atoms with Gasteiger partial charge in [-0.2, -0.15) is 5.10 Å². The van der Waals surface area contributed by atoms with Crippen molar-refractivity contribution in [2.45, 2.75) is 12.8 Å². The third-order valence-electron chi connectivity index (χ3n) is 4.31. The Kier molecular flexibility index (Phi) is 4.27. The molecule has 0 aliphatic carbocycles. The molecule has 1 amide bonds. The van der Waals surface area contributed by atoms with E-state index in [1.54, 1.807) is 17.0 Å². The fourth-order valence-corrected chi connectivity index (χ4v) is 3.05. The number of carbonyl (C=O) groups excluding carboxylic acids is 2. The van der Waals surface area contributed by atoms with Gasteiger partial charge in [-0.15, -0.1) is 0 Å². The van der Waals surface area contributed by atoms with E-state index in [1.807, 2.05) is 24.3 Å². The normalized spacial score (nSPS) is 13.3. The van der Waals surface area contributed by atoms with Crippen LogP contribution in [0.2, 0.25) is 0 Å². The van der Waals surface area contributed by atoms with E-state index in [0.29, 0.717) is 18.0 Å². The number of amides is 1. The summed E-state index contributed by atoms with van der Waals surface area (Å²) >= 11 is 0. The highest BCUT2D eigenvalue weighted by Gasteiger charge is 2.23. The summed E-state index contributed by atoms with van der Waals surface area (Å²) in [6, 6.07) is 12.8. The number of hydrogen-bond acceptors (Lipinski definition) is 5. The lowest BCUT2D eigenvalue weighted by Crippen LogP contribution is -2.38. The van der Waals surface area contributed by atoms with E-state index in [-0.39, 0.29) is 18.2 Å². The summed E-state index contributed by atoms with van der Waals surface area (Å²) in [5.74, 6) is -0.327. The van der Waals surface area contributed by atoms with Crippen molar-refractivity contribution >= 4 is 17.6 Å². The van der Waals surface area contributed by atoms with Crippen molar-refractivity contribution in [3.63, 3.8) is 0 Å². The number of para-hydroxylation sites is 1. The van der Waals surface area contributed by atoms with Gasteiger partial charge in [0.1, 0.15) is 11.4 Å². The Morgan fingerprint density at radius 2 is 2.12 bits per heavy atom. The first-order valence-electron chi connectivity index (χ1n) is 8.37. The number of hydrogen-bond donors (Lipinski definition) is 1. The van der Waals surface area contributed by atoms with E-state index in [0.717, 1.165) is 24.1 Å². The van der Waals surface area contributed by atoms with Gasteiger partial charge in [0.15, 0.2) is 12.4 Å². The van der Waals surface area contributed by atoms with Crippen LogP contribution < -0.4 is 4.90 Å². The van der Waals surface area contributed by atoms with E-state index >= 15 is 0 Å². The van der Waals surface area contributed by atoms with Gasteiger partial charge in [-0.25, -0.2) is 4.79 Å². The number of aromatic amines is 1. The molecular weight excluding hydrogens is 334 g/mol. The zero-order valence-electron chi connectivity index (χ0n) is 14.0. The number of ether oxygens (including phenoxy) is 1. The van der Waals surface area contributed by atoms with E-state index in [1.165, 1.54) is 12.3 Å². The standard InChI is InChI=1S/C19H17N3O4/c23-18(22-9-3-6-13-5-1-2-7-16(13)22)12-26-19(24)15-11-14(20-21-15)17-8-4-10-25-17/h1-2,4-5,7-8,10-11H,3,6,9,12H2,(H,20,21). The second kappa shape index (κ2) is 6.87. The van der Waals surface area contributed by atoms with Gasteiger partial charge in [0.25, 0.3) is 5.91 Å². The second-order valence-corrected chi connectivity index (χ2v) is 6.00. The first kappa shape index (κ1) is 16.1. The van der Waals surface area contributed by atoms with E-state index in [9.17, 15) is 9.59 Å². The molecule has 1 aliphatic heterocycles. The Morgan fingerprint density at radius 1 is 1.23 bits per heavy atom. The van der Waals surface area contributed by atoms with Crippen LogP contribution in [0.3, 0.4) is 0 Å². The summed E-state index contributed by atoms with van der Waals surface area (Å²) in [6.45, 7) is 0.308. The van der Waals surface area contributed by atoms with Crippen LogP contribution in [0.15, 0.2) is 53.1 Å². The summed E-state index contributed by atoms with van der Waals surface area (Å²) in [5, 5.41) is 6.61. The minimum Gasteiger partial charge on any atom is -0.463 e. The third kappa shape index (κ3) is 3.11. The first-order chi connectivity index (χ1) is 12.7. The largest absolute Gasteiger partial charge is 0.463 e. The highest BCUT2D eigenvalue weighted by Crippen LogP contribution is 2.26. The molecule has 26 heavy (non-hydrogen) atoms. The summed E-state index contributed by atoms with van der Waals surface area (Å²) < 4.78 is 10.4. The molecule has 0 saturated heterocycles. The fraction of sp³-hybridized carbons (Fsp3) is 0.211. The van der Waals surface area contributed by atoms with E-state index in [2.05, 4.69) is 10.2 Å². The van der Waals surface area contributed by atoms with Crippen LogP contribution in [0, 0.1) is 0 Å². The van der Waals surface area contributed by atoms with Crippen LogP contribution in [-0.2, 0) is 16.0 Å². The number of H-pyrrole nitrogens is 1. The molecule has 132 valence electrons. The zero-order chi connectivity index (χ0) is 17.9. The monoisotopic (exact) mass is 351 g/mol. The number of fused-ring (bicyclic) bond motifs is 1. The number of nitrogens with zero attached hydrogens (tertiary/aromatic N) is 2. The van der Waals surface area contributed by atoms with Crippen LogP contribution in [0.4, 0.5) is 5.69 Å². The molecule has 1 aromatic carbocycles. The number of aryl methyl sites for hydroxylation is 1. The smallest absolute Gasteiger partial charge is 0.356 e. The highest BCUT2D eigenvalue weighted by atomic mass is 16.5. The molecule has 1 N–H and O–H groups in total. The van der Waals surface area contributed by atoms with Crippen molar-refractivity contribution < 1.29 is 18.7 Å². The Labute approximate surface area is 149 Å². The van der Waals surface area contributed by atoms with Crippen LogP contribution >= 0.6 is 0 Å². The van der Waals surface area contributed by atoms with Crippen LogP contribution in [0.1, 0.15) is 22.5 Å². The van der Waals surface area contributed by atoms with Crippen LogP contribution in [0.5, 0.6) is 0 Å². The Hall–Kier alpha value is -3.35. The molecule has 0 fully saturated rings. The Morgan fingerprint density at radius 3 is 2.96 bits per heavy atom. The predicted molar refractivity (Wildman–Crippen MR) is 93.7 cm³/mol. The van der Waals surface area contributed by atoms with Crippen LogP contribution in [0.25, 0.3) is 11.5 Å². The molecule has 3 heterocycles. The summed E-state index contributed by atoms with van der Waals surface area (Å²) in [4.78, 5) is 26.3. The average Bonchev–Trinajstić information content (AvgIpc) is 3.36. The Balaban J connectivity index is 1.40. The van der Waals surface area contributed by atoms with Crippen molar-refractivity contribution in [1.29, 1.82) is 0 Å². The van der Waals surface area contributed by atoms with Crippen molar-refractivity contribution in [1.82, 2.24) is 10.2 Å². The second-order valence-electron chi connectivity index (χ2n) is 6.00. The number of esters is 1. The summed E-state index contributed by atoms with van der Waals surface area (Å²) in [7, 11) is 0.